The summed E-state index contributed by atoms with van der Waals surface area (Å²) in [5.41, 5.74) is 6.59. The van der Waals surface area contributed by atoms with Crippen LogP contribution in [0.2, 0.25) is 0 Å². The molecule has 1 aromatic rings. The van der Waals surface area contributed by atoms with Crippen LogP contribution in [0.25, 0.3) is 0 Å². The highest BCUT2D eigenvalue weighted by atomic mass is 19.1. The summed E-state index contributed by atoms with van der Waals surface area (Å²) in [6.45, 7) is 3.81. The number of nitrogens with zero attached hydrogens (tertiary/aromatic N) is 1. The van der Waals surface area contributed by atoms with Crippen molar-refractivity contribution in [3.63, 3.8) is 0 Å². The fourth-order valence-electron chi connectivity index (χ4n) is 1.36. The monoisotopic (exact) mass is 210 g/mol. The third kappa shape index (κ3) is 3.88. The highest BCUT2D eigenvalue weighted by molar-refractivity contribution is 5.45. The summed E-state index contributed by atoms with van der Waals surface area (Å²) in [4.78, 5) is 2.12. The Labute approximate surface area is 90.9 Å². The van der Waals surface area contributed by atoms with E-state index in [1.165, 1.54) is 12.1 Å². The Kier molecular flexibility index (Phi) is 4.56. The molecule has 2 N–H and O–H groups in total. The van der Waals surface area contributed by atoms with E-state index in [1.807, 2.05) is 7.05 Å². The fourth-order valence-corrected chi connectivity index (χ4v) is 1.36. The number of nitrogens with two attached hydrogens (primary N) is 1. The van der Waals surface area contributed by atoms with E-state index >= 15 is 0 Å². The predicted molar refractivity (Wildman–Crippen MR) is 62.5 cm³/mol. The standard InChI is InChI=1S/C12H19FN2/c1-10(9-14)7-8-15(2)12-5-3-11(13)4-6-12/h3-6,10H,7-9,14H2,1-2H3. The Morgan fingerprint density at radius 1 is 1.33 bits per heavy atom. The first-order valence-electron chi connectivity index (χ1n) is 5.30. The van der Waals surface area contributed by atoms with Gasteiger partial charge in [-0.05, 0) is 43.1 Å². The average molecular weight is 210 g/mol. The number of benzene rings is 1. The average Bonchev–Trinajstić information content (AvgIpc) is 2.26. The maximum absolute atomic E-state index is 12.7. The molecule has 0 amide bonds. The third-order valence-electron chi connectivity index (χ3n) is 2.63. The Morgan fingerprint density at radius 3 is 2.47 bits per heavy atom. The van der Waals surface area contributed by atoms with Gasteiger partial charge in [0.05, 0.1) is 0 Å². The summed E-state index contributed by atoms with van der Waals surface area (Å²) < 4.78 is 12.7. The van der Waals surface area contributed by atoms with Crippen molar-refractivity contribution in [3.8, 4) is 0 Å². The first-order valence-corrected chi connectivity index (χ1v) is 5.30. The zero-order valence-electron chi connectivity index (χ0n) is 9.41. The molecule has 1 rings (SSSR count). The molecule has 3 heteroatoms. The fraction of sp³-hybridized carbons (Fsp3) is 0.500. The van der Waals surface area contributed by atoms with Gasteiger partial charge in [-0.1, -0.05) is 6.92 Å². The minimum atomic E-state index is -0.192. The molecule has 0 aromatic heterocycles. The molecule has 1 atom stereocenters. The van der Waals surface area contributed by atoms with E-state index in [0.29, 0.717) is 5.92 Å². The zero-order valence-corrected chi connectivity index (χ0v) is 9.41. The summed E-state index contributed by atoms with van der Waals surface area (Å²) in [6, 6.07) is 6.56. The van der Waals surface area contributed by atoms with Crippen LogP contribution >= 0.6 is 0 Å². The van der Waals surface area contributed by atoms with Crippen molar-refractivity contribution < 1.29 is 4.39 Å². The lowest BCUT2D eigenvalue weighted by molar-refractivity contribution is 0.545. The SMILES string of the molecule is CC(CN)CCN(C)c1ccc(F)cc1. The Balaban J connectivity index is 2.46. The highest BCUT2D eigenvalue weighted by Crippen LogP contribution is 2.14. The van der Waals surface area contributed by atoms with Crippen molar-refractivity contribution in [3.05, 3.63) is 30.1 Å². The summed E-state index contributed by atoms with van der Waals surface area (Å²) in [5, 5.41) is 0. The molecular formula is C12H19FN2. The lowest BCUT2D eigenvalue weighted by atomic mass is 10.1. The van der Waals surface area contributed by atoms with Gasteiger partial charge in [-0.3, -0.25) is 0 Å². The summed E-state index contributed by atoms with van der Waals surface area (Å²) >= 11 is 0. The van der Waals surface area contributed by atoms with Crippen LogP contribution in [0.5, 0.6) is 0 Å². The number of rotatable bonds is 5. The minimum Gasteiger partial charge on any atom is -0.375 e. The second-order valence-electron chi connectivity index (χ2n) is 4.03. The molecule has 0 heterocycles. The van der Waals surface area contributed by atoms with E-state index in [2.05, 4.69) is 11.8 Å². The highest BCUT2D eigenvalue weighted by Gasteiger charge is 2.03. The van der Waals surface area contributed by atoms with Gasteiger partial charge >= 0.3 is 0 Å². The topological polar surface area (TPSA) is 29.3 Å². The largest absolute Gasteiger partial charge is 0.375 e. The quantitative estimate of drug-likeness (QED) is 0.807. The van der Waals surface area contributed by atoms with Gasteiger partial charge in [0.25, 0.3) is 0 Å². The van der Waals surface area contributed by atoms with E-state index in [9.17, 15) is 4.39 Å². The lowest BCUT2D eigenvalue weighted by Crippen LogP contribution is -2.22. The maximum Gasteiger partial charge on any atom is 0.123 e. The van der Waals surface area contributed by atoms with Crippen LogP contribution in [0, 0.1) is 11.7 Å². The molecule has 0 radical (unpaired) electrons. The molecule has 0 fully saturated rings. The van der Waals surface area contributed by atoms with Crippen LogP contribution in [0.1, 0.15) is 13.3 Å². The predicted octanol–water partition coefficient (Wildman–Crippen LogP) is 2.25. The van der Waals surface area contributed by atoms with E-state index in [1.54, 1.807) is 12.1 Å². The lowest BCUT2D eigenvalue weighted by Gasteiger charge is -2.20. The summed E-state index contributed by atoms with van der Waals surface area (Å²) in [7, 11) is 2.01. The van der Waals surface area contributed by atoms with E-state index in [-0.39, 0.29) is 5.82 Å². The normalized spacial score (nSPS) is 12.5. The molecule has 0 spiro atoms. The van der Waals surface area contributed by atoms with Crippen LogP contribution in [0.15, 0.2) is 24.3 Å². The molecule has 0 saturated heterocycles. The van der Waals surface area contributed by atoms with Crippen molar-refractivity contribution in [2.45, 2.75) is 13.3 Å². The molecule has 1 unspecified atom stereocenters. The van der Waals surface area contributed by atoms with Crippen molar-refractivity contribution in [1.29, 1.82) is 0 Å². The summed E-state index contributed by atoms with van der Waals surface area (Å²) in [6.07, 6.45) is 1.06. The van der Waals surface area contributed by atoms with Crippen molar-refractivity contribution in [2.75, 3.05) is 25.0 Å². The first kappa shape index (κ1) is 12.0. The Morgan fingerprint density at radius 2 is 1.93 bits per heavy atom. The van der Waals surface area contributed by atoms with Crippen molar-refractivity contribution in [1.82, 2.24) is 0 Å². The van der Waals surface area contributed by atoms with Crippen molar-refractivity contribution >= 4 is 5.69 Å². The van der Waals surface area contributed by atoms with Gasteiger partial charge in [0.2, 0.25) is 0 Å². The molecule has 1 aromatic carbocycles. The molecule has 0 aliphatic rings. The van der Waals surface area contributed by atoms with Gasteiger partial charge in [0, 0.05) is 19.3 Å². The maximum atomic E-state index is 12.7. The zero-order chi connectivity index (χ0) is 11.3. The molecule has 0 aliphatic carbocycles. The van der Waals surface area contributed by atoms with Gasteiger partial charge in [-0.15, -0.1) is 0 Å². The molecule has 0 saturated carbocycles. The minimum absolute atomic E-state index is 0.192. The van der Waals surface area contributed by atoms with Gasteiger partial charge in [0.15, 0.2) is 0 Å². The second-order valence-corrected chi connectivity index (χ2v) is 4.03. The number of hydrogen-bond acceptors (Lipinski definition) is 2. The van der Waals surface area contributed by atoms with Gasteiger partial charge in [-0.2, -0.15) is 0 Å². The van der Waals surface area contributed by atoms with Crippen LogP contribution in [-0.2, 0) is 0 Å². The Bertz CT molecular complexity index is 284. The molecule has 15 heavy (non-hydrogen) atoms. The molecule has 2 nitrogen and oxygen atoms in total. The molecule has 0 bridgehead atoms. The van der Waals surface area contributed by atoms with Crippen LogP contribution in [-0.4, -0.2) is 20.1 Å². The van der Waals surface area contributed by atoms with Gasteiger partial charge in [0.1, 0.15) is 5.82 Å². The van der Waals surface area contributed by atoms with E-state index < -0.39 is 0 Å². The van der Waals surface area contributed by atoms with Crippen LogP contribution in [0.3, 0.4) is 0 Å². The van der Waals surface area contributed by atoms with Crippen LogP contribution < -0.4 is 10.6 Å². The molecule has 84 valence electrons. The van der Waals surface area contributed by atoms with E-state index in [0.717, 1.165) is 25.2 Å². The third-order valence-corrected chi connectivity index (χ3v) is 2.63. The van der Waals surface area contributed by atoms with Crippen molar-refractivity contribution in [2.24, 2.45) is 11.7 Å². The first-order chi connectivity index (χ1) is 7.13. The van der Waals surface area contributed by atoms with E-state index in [4.69, 9.17) is 5.73 Å². The molecule has 0 aliphatic heterocycles. The number of halogens is 1. The molecular weight excluding hydrogens is 191 g/mol. The smallest absolute Gasteiger partial charge is 0.123 e. The number of hydrogen-bond donors (Lipinski definition) is 1. The summed E-state index contributed by atoms with van der Waals surface area (Å²) in [5.74, 6) is 0.343. The second kappa shape index (κ2) is 5.71. The Hall–Kier alpha value is -1.09. The van der Waals surface area contributed by atoms with Gasteiger partial charge in [-0.25, -0.2) is 4.39 Å². The van der Waals surface area contributed by atoms with Crippen LogP contribution in [0.4, 0.5) is 10.1 Å². The number of anilines is 1. The van der Waals surface area contributed by atoms with Gasteiger partial charge < -0.3 is 10.6 Å².